The predicted octanol–water partition coefficient (Wildman–Crippen LogP) is 2.38. The van der Waals surface area contributed by atoms with Crippen molar-refractivity contribution in [3.63, 3.8) is 0 Å². The summed E-state index contributed by atoms with van der Waals surface area (Å²) in [4.78, 5) is 11.7. The fraction of sp³-hybridized carbons (Fsp3) is 0.833. The predicted molar refractivity (Wildman–Crippen MR) is 59.0 cm³/mol. The SMILES string of the molecule is N#CCCCCNC(=O)C1CCCCC1. The number of nitrogens with one attached hydrogen (secondary N) is 1. The molecular formula is C12H20N2O. The van der Waals surface area contributed by atoms with E-state index in [1.807, 2.05) is 0 Å². The van der Waals surface area contributed by atoms with Crippen LogP contribution in [0.1, 0.15) is 51.4 Å². The minimum atomic E-state index is 0.228. The van der Waals surface area contributed by atoms with Crippen LogP contribution in [0.25, 0.3) is 0 Å². The Kier molecular flexibility index (Phi) is 5.84. The number of nitrogens with zero attached hydrogens (tertiary/aromatic N) is 1. The van der Waals surface area contributed by atoms with E-state index in [0.717, 1.165) is 32.2 Å². The first-order valence-corrected chi connectivity index (χ1v) is 5.99. The molecule has 0 aromatic heterocycles. The molecule has 1 aliphatic carbocycles. The molecule has 84 valence electrons. The quantitative estimate of drug-likeness (QED) is 0.705. The average molecular weight is 208 g/mol. The molecule has 0 aliphatic heterocycles. The van der Waals surface area contributed by atoms with Gasteiger partial charge in [-0.3, -0.25) is 4.79 Å². The Bertz CT molecular complexity index is 226. The van der Waals surface area contributed by atoms with Crippen molar-refractivity contribution in [1.29, 1.82) is 5.26 Å². The fourth-order valence-electron chi connectivity index (χ4n) is 2.05. The molecule has 1 amide bonds. The molecular weight excluding hydrogens is 188 g/mol. The molecule has 0 aromatic rings. The number of carbonyl (C=O) groups excluding carboxylic acids is 1. The number of carbonyl (C=O) groups is 1. The van der Waals surface area contributed by atoms with E-state index < -0.39 is 0 Å². The Morgan fingerprint density at radius 2 is 2.00 bits per heavy atom. The Morgan fingerprint density at radius 1 is 1.27 bits per heavy atom. The van der Waals surface area contributed by atoms with Gasteiger partial charge in [-0.05, 0) is 25.7 Å². The molecule has 0 unspecified atom stereocenters. The highest BCUT2D eigenvalue weighted by Crippen LogP contribution is 2.23. The summed E-state index contributed by atoms with van der Waals surface area (Å²) in [5, 5.41) is 11.3. The lowest BCUT2D eigenvalue weighted by molar-refractivity contribution is -0.125. The van der Waals surface area contributed by atoms with Gasteiger partial charge in [0.05, 0.1) is 6.07 Å². The van der Waals surface area contributed by atoms with Gasteiger partial charge in [-0.25, -0.2) is 0 Å². The molecule has 1 rings (SSSR count). The zero-order valence-corrected chi connectivity index (χ0v) is 9.30. The number of rotatable bonds is 5. The van der Waals surface area contributed by atoms with E-state index in [9.17, 15) is 4.79 Å². The van der Waals surface area contributed by atoms with E-state index in [1.165, 1.54) is 19.3 Å². The molecule has 0 bridgehead atoms. The maximum atomic E-state index is 11.7. The van der Waals surface area contributed by atoms with E-state index in [-0.39, 0.29) is 11.8 Å². The van der Waals surface area contributed by atoms with Crippen molar-refractivity contribution < 1.29 is 4.79 Å². The van der Waals surface area contributed by atoms with E-state index in [2.05, 4.69) is 11.4 Å². The molecule has 1 fully saturated rings. The molecule has 0 saturated heterocycles. The highest BCUT2D eigenvalue weighted by atomic mass is 16.1. The standard InChI is InChI=1S/C12H20N2O/c13-9-5-2-6-10-14-12(15)11-7-3-1-4-8-11/h11H,1-8,10H2,(H,14,15). The maximum absolute atomic E-state index is 11.7. The largest absolute Gasteiger partial charge is 0.356 e. The Balaban J connectivity index is 2.05. The summed E-state index contributed by atoms with van der Waals surface area (Å²) < 4.78 is 0. The van der Waals surface area contributed by atoms with Gasteiger partial charge in [0.25, 0.3) is 0 Å². The summed E-state index contributed by atoms with van der Waals surface area (Å²) >= 11 is 0. The van der Waals surface area contributed by atoms with Crippen LogP contribution in [0.4, 0.5) is 0 Å². The zero-order valence-electron chi connectivity index (χ0n) is 9.30. The summed E-state index contributed by atoms with van der Waals surface area (Å²) in [6.07, 6.45) is 8.21. The molecule has 0 radical (unpaired) electrons. The van der Waals surface area contributed by atoms with Crippen LogP contribution in [0, 0.1) is 17.2 Å². The third kappa shape index (κ3) is 4.83. The van der Waals surface area contributed by atoms with Crippen LogP contribution in [0.2, 0.25) is 0 Å². The van der Waals surface area contributed by atoms with Gasteiger partial charge in [-0.2, -0.15) is 5.26 Å². The first-order chi connectivity index (χ1) is 7.34. The van der Waals surface area contributed by atoms with Crippen molar-refractivity contribution in [3.05, 3.63) is 0 Å². The summed E-state index contributed by atoms with van der Waals surface area (Å²) in [5.74, 6) is 0.487. The summed E-state index contributed by atoms with van der Waals surface area (Å²) in [7, 11) is 0. The first-order valence-electron chi connectivity index (χ1n) is 5.99. The van der Waals surface area contributed by atoms with Crippen molar-refractivity contribution in [2.45, 2.75) is 51.4 Å². The second kappa shape index (κ2) is 7.28. The van der Waals surface area contributed by atoms with Gasteiger partial charge in [0.15, 0.2) is 0 Å². The third-order valence-corrected chi connectivity index (χ3v) is 2.99. The van der Waals surface area contributed by atoms with Crippen LogP contribution in [-0.4, -0.2) is 12.5 Å². The minimum Gasteiger partial charge on any atom is -0.356 e. The van der Waals surface area contributed by atoms with Crippen molar-refractivity contribution >= 4 is 5.91 Å². The minimum absolute atomic E-state index is 0.228. The molecule has 1 N–H and O–H groups in total. The zero-order chi connectivity index (χ0) is 10.9. The fourth-order valence-corrected chi connectivity index (χ4v) is 2.05. The van der Waals surface area contributed by atoms with Gasteiger partial charge in [0, 0.05) is 18.9 Å². The van der Waals surface area contributed by atoms with Gasteiger partial charge in [0.1, 0.15) is 0 Å². The van der Waals surface area contributed by atoms with E-state index >= 15 is 0 Å². The molecule has 0 atom stereocenters. The van der Waals surface area contributed by atoms with Crippen molar-refractivity contribution in [3.8, 4) is 6.07 Å². The molecule has 0 spiro atoms. The number of amides is 1. The molecule has 1 aliphatic rings. The highest BCUT2D eigenvalue weighted by molar-refractivity contribution is 5.78. The lowest BCUT2D eigenvalue weighted by Gasteiger charge is -2.20. The summed E-state index contributed by atoms with van der Waals surface area (Å²) in [6, 6.07) is 2.11. The van der Waals surface area contributed by atoms with Crippen LogP contribution < -0.4 is 5.32 Å². The Morgan fingerprint density at radius 3 is 2.67 bits per heavy atom. The monoisotopic (exact) mass is 208 g/mol. The number of hydrogen-bond donors (Lipinski definition) is 1. The van der Waals surface area contributed by atoms with Gasteiger partial charge in [0.2, 0.25) is 5.91 Å². The Hall–Kier alpha value is -1.04. The molecule has 15 heavy (non-hydrogen) atoms. The smallest absolute Gasteiger partial charge is 0.223 e. The molecule has 3 nitrogen and oxygen atoms in total. The van der Waals surface area contributed by atoms with Crippen LogP contribution in [0.3, 0.4) is 0 Å². The third-order valence-electron chi connectivity index (χ3n) is 2.99. The molecule has 0 aromatic carbocycles. The number of nitriles is 1. The van der Waals surface area contributed by atoms with Gasteiger partial charge >= 0.3 is 0 Å². The Labute approximate surface area is 91.9 Å². The van der Waals surface area contributed by atoms with Crippen LogP contribution >= 0.6 is 0 Å². The van der Waals surface area contributed by atoms with Gasteiger partial charge in [-0.1, -0.05) is 19.3 Å². The average Bonchev–Trinajstić information content (AvgIpc) is 2.30. The highest BCUT2D eigenvalue weighted by Gasteiger charge is 2.20. The second-order valence-corrected chi connectivity index (χ2v) is 4.24. The normalized spacial score (nSPS) is 17.0. The van der Waals surface area contributed by atoms with Crippen molar-refractivity contribution in [2.75, 3.05) is 6.54 Å². The van der Waals surface area contributed by atoms with Crippen molar-refractivity contribution in [1.82, 2.24) is 5.32 Å². The number of unbranched alkanes of at least 4 members (excludes halogenated alkanes) is 2. The molecule has 1 saturated carbocycles. The van der Waals surface area contributed by atoms with Crippen molar-refractivity contribution in [2.24, 2.45) is 5.92 Å². The topological polar surface area (TPSA) is 52.9 Å². The summed E-state index contributed by atoms with van der Waals surface area (Å²) in [5.41, 5.74) is 0. The maximum Gasteiger partial charge on any atom is 0.223 e. The molecule has 0 heterocycles. The number of hydrogen-bond acceptors (Lipinski definition) is 2. The first kappa shape index (κ1) is 12.0. The van der Waals surface area contributed by atoms with E-state index in [1.54, 1.807) is 0 Å². The molecule has 3 heteroatoms. The lowest BCUT2D eigenvalue weighted by Crippen LogP contribution is -2.32. The van der Waals surface area contributed by atoms with E-state index in [0.29, 0.717) is 6.42 Å². The van der Waals surface area contributed by atoms with Crippen LogP contribution in [-0.2, 0) is 4.79 Å². The van der Waals surface area contributed by atoms with Crippen LogP contribution in [0.15, 0.2) is 0 Å². The van der Waals surface area contributed by atoms with Crippen LogP contribution in [0.5, 0.6) is 0 Å². The van der Waals surface area contributed by atoms with E-state index in [4.69, 9.17) is 5.26 Å². The van der Waals surface area contributed by atoms with Gasteiger partial charge < -0.3 is 5.32 Å². The second-order valence-electron chi connectivity index (χ2n) is 4.24. The lowest BCUT2D eigenvalue weighted by atomic mass is 9.89. The van der Waals surface area contributed by atoms with Gasteiger partial charge in [-0.15, -0.1) is 0 Å². The summed E-state index contributed by atoms with van der Waals surface area (Å²) in [6.45, 7) is 0.733.